The van der Waals surface area contributed by atoms with Crippen molar-refractivity contribution in [2.75, 3.05) is 39.2 Å². The van der Waals surface area contributed by atoms with Gasteiger partial charge in [-0.1, -0.05) is 6.92 Å². The quantitative estimate of drug-likeness (QED) is 0.757. The number of carbonyl (C=O) groups excluding carboxylic acids is 3. The molecule has 1 aromatic rings. The first-order valence-electron chi connectivity index (χ1n) is 8.38. The molecule has 0 aliphatic carbocycles. The van der Waals surface area contributed by atoms with Gasteiger partial charge in [0.15, 0.2) is 6.54 Å². The highest BCUT2D eigenvalue weighted by Crippen LogP contribution is 2.19. The van der Waals surface area contributed by atoms with Crippen LogP contribution >= 0.6 is 0 Å². The molecule has 2 rings (SSSR count). The fourth-order valence-electron chi connectivity index (χ4n) is 3.16. The molecule has 0 bridgehead atoms. The molecule has 7 nitrogen and oxygen atoms in total. The minimum atomic E-state index is -0.578. The molecule has 1 heterocycles. The number of nitrogens with one attached hydrogen (secondary N) is 2. The van der Waals surface area contributed by atoms with E-state index in [0.717, 1.165) is 19.5 Å². The fourth-order valence-corrected chi connectivity index (χ4v) is 3.16. The molecular weight excluding hydrogens is 324 g/mol. The van der Waals surface area contributed by atoms with Crippen LogP contribution in [0.15, 0.2) is 18.2 Å². The second-order valence-electron chi connectivity index (χ2n) is 6.42. The molecule has 2 N–H and O–H groups in total. The van der Waals surface area contributed by atoms with Crippen molar-refractivity contribution in [2.24, 2.45) is 5.92 Å². The van der Waals surface area contributed by atoms with Crippen LogP contribution in [0.25, 0.3) is 0 Å². The lowest BCUT2D eigenvalue weighted by molar-refractivity contribution is -0.900. The molecular formula is C18H25N2O5+. The number of likely N-dealkylation sites (tertiary alicyclic amines) is 1. The van der Waals surface area contributed by atoms with E-state index in [2.05, 4.69) is 17.0 Å². The predicted molar refractivity (Wildman–Crippen MR) is 91.7 cm³/mol. The molecule has 0 aromatic heterocycles. The summed E-state index contributed by atoms with van der Waals surface area (Å²) in [6.45, 7) is 4.43. The van der Waals surface area contributed by atoms with Crippen LogP contribution in [-0.2, 0) is 14.3 Å². The Balaban J connectivity index is 2.15. The molecule has 25 heavy (non-hydrogen) atoms. The van der Waals surface area contributed by atoms with Gasteiger partial charge >= 0.3 is 11.9 Å². The zero-order valence-electron chi connectivity index (χ0n) is 14.9. The number of carbonyl (C=O) groups is 3. The van der Waals surface area contributed by atoms with Crippen LogP contribution in [-0.4, -0.2) is 51.7 Å². The lowest BCUT2D eigenvalue weighted by Gasteiger charge is -2.27. The Morgan fingerprint density at radius 3 is 2.56 bits per heavy atom. The number of hydrogen-bond acceptors (Lipinski definition) is 5. The van der Waals surface area contributed by atoms with Gasteiger partial charge in [0, 0.05) is 5.92 Å². The predicted octanol–water partition coefficient (Wildman–Crippen LogP) is 0.513. The zero-order valence-corrected chi connectivity index (χ0v) is 14.9. The van der Waals surface area contributed by atoms with Crippen LogP contribution < -0.4 is 10.2 Å². The van der Waals surface area contributed by atoms with Crippen LogP contribution in [0, 0.1) is 5.92 Å². The number of methoxy groups -OCH3 is 2. The molecule has 1 amide bonds. The summed E-state index contributed by atoms with van der Waals surface area (Å²) in [5.74, 6) is -0.714. The number of amides is 1. The van der Waals surface area contributed by atoms with Gasteiger partial charge in [-0.3, -0.25) is 4.79 Å². The van der Waals surface area contributed by atoms with E-state index >= 15 is 0 Å². The van der Waals surface area contributed by atoms with Crippen LogP contribution in [0.4, 0.5) is 5.69 Å². The van der Waals surface area contributed by atoms with Gasteiger partial charge in [-0.15, -0.1) is 0 Å². The van der Waals surface area contributed by atoms with Gasteiger partial charge in [-0.25, -0.2) is 9.59 Å². The van der Waals surface area contributed by atoms with Gasteiger partial charge in [-0.2, -0.15) is 0 Å². The minimum absolute atomic E-state index is 0.198. The average Bonchev–Trinajstić information content (AvgIpc) is 2.60. The van der Waals surface area contributed by atoms with Crippen LogP contribution in [0.5, 0.6) is 0 Å². The molecule has 1 unspecified atom stereocenters. The smallest absolute Gasteiger partial charge is 0.339 e. The monoisotopic (exact) mass is 349 g/mol. The number of benzene rings is 1. The summed E-state index contributed by atoms with van der Waals surface area (Å²) >= 11 is 0. The summed E-state index contributed by atoms with van der Waals surface area (Å²) < 4.78 is 9.42. The number of quaternary nitrogens is 1. The molecule has 0 spiro atoms. The Kier molecular flexibility index (Phi) is 6.52. The highest BCUT2D eigenvalue weighted by atomic mass is 16.5. The summed E-state index contributed by atoms with van der Waals surface area (Å²) in [5.41, 5.74) is 0.708. The van der Waals surface area contributed by atoms with Crippen LogP contribution in [0.1, 0.15) is 40.5 Å². The number of ether oxygens (including phenoxy) is 2. The van der Waals surface area contributed by atoms with Gasteiger partial charge in [0.25, 0.3) is 5.91 Å². The van der Waals surface area contributed by atoms with Crippen molar-refractivity contribution in [3.8, 4) is 0 Å². The largest absolute Gasteiger partial charge is 0.465 e. The average molecular weight is 349 g/mol. The van der Waals surface area contributed by atoms with E-state index in [1.165, 1.54) is 43.7 Å². The van der Waals surface area contributed by atoms with Crippen molar-refractivity contribution in [2.45, 2.75) is 19.8 Å². The summed E-state index contributed by atoms with van der Waals surface area (Å²) in [6.07, 6.45) is 2.30. The molecule has 136 valence electrons. The topological polar surface area (TPSA) is 86.1 Å². The first-order chi connectivity index (χ1) is 11.9. The third-order valence-corrected chi connectivity index (χ3v) is 4.40. The SMILES string of the molecule is COC(=O)c1ccc(C(=O)OC)c(NC(=O)C[NH+]2CCC[C@H](C)C2)c1. The Morgan fingerprint density at radius 1 is 1.20 bits per heavy atom. The number of anilines is 1. The van der Waals surface area contributed by atoms with E-state index in [9.17, 15) is 14.4 Å². The van der Waals surface area contributed by atoms with Crippen LogP contribution in [0.3, 0.4) is 0 Å². The molecule has 1 aliphatic heterocycles. The highest BCUT2D eigenvalue weighted by molar-refractivity contribution is 6.03. The molecule has 7 heteroatoms. The lowest BCUT2D eigenvalue weighted by Crippen LogP contribution is -3.14. The van der Waals surface area contributed by atoms with Crippen molar-refractivity contribution < 1.29 is 28.8 Å². The lowest BCUT2D eigenvalue weighted by atomic mass is 10.0. The van der Waals surface area contributed by atoms with Gasteiger partial charge in [0.2, 0.25) is 0 Å². The summed E-state index contributed by atoms with van der Waals surface area (Å²) in [6, 6.07) is 4.35. The van der Waals surface area contributed by atoms with Crippen molar-refractivity contribution >= 4 is 23.5 Å². The van der Waals surface area contributed by atoms with Gasteiger partial charge in [0.1, 0.15) is 0 Å². The Hall–Kier alpha value is -2.41. The number of hydrogen-bond donors (Lipinski definition) is 2. The summed E-state index contributed by atoms with van der Waals surface area (Å²) in [7, 11) is 2.54. The van der Waals surface area contributed by atoms with Crippen molar-refractivity contribution in [3.63, 3.8) is 0 Å². The number of piperidine rings is 1. The van der Waals surface area contributed by atoms with Crippen molar-refractivity contribution in [3.05, 3.63) is 29.3 Å². The summed E-state index contributed by atoms with van der Waals surface area (Å²) in [4.78, 5) is 37.2. The first kappa shape index (κ1) is 18.9. The second kappa shape index (κ2) is 8.62. The van der Waals surface area contributed by atoms with E-state index in [1.54, 1.807) is 0 Å². The van der Waals surface area contributed by atoms with E-state index in [4.69, 9.17) is 4.74 Å². The van der Waals surface area contributed by atoms with Crippen LogP contribution in [0.2, 0.25) is 0 Å². The van der Waals surface area contributed by atoms with E-state index in [-0.39, 0.29) is 22.7 Å². The van der Waals surface area contributed by atoms with Gasteiger partial charge in [-0.05, 0) is 31.0 Å². The maximum absolute atomic E-state index is 12.4. The number of rotatable bonds is 5. The van der Waals surface area contributed by atoms with E-state index in [0.29, 0.717) is 12.5 Å². The molecule has 2 atom stereocenters. The third-order valence-electron chi connectivity index (χ3n) is 4.40. The zero-order chi connectivity index (χ0) is 18.4. The molecule has 1 fully saturated rings. The second-order valence-corrected chi connectivity index (χ2v) is 6.42. The Labute approximate surface area is 147 Å². The standard InChI is InChI=1S/C18H24N2O5/c1-12-5-4-8-20(10-12)11-16(21)19-15-9-13(17(22)24-2)6-7-14(15)18(23)25-3/h6-7,9,12H,4-5,8,10-11H2,1-3H3,(H,19,21)/p+1/t12-/m0/s1. The Bertz CT molecular complexity index is 659. The number of esters is 2. The maximum Gasteiger partial charge on any atom is 0.339 e. The molecule has 1 saturated heterocycles. The normalized spacial score (nSPS) is 19.8. The van der Waals surface area contributed by atoms with Gasteiger partial charge in [0.05, 0.1) is 44.1 Å². The van der Waals surface area contributed by atoms with Crippen molar-refractivity contribution in [1.82, 2.24) is 0 Å². The maximum atomic E-state index is 12.4. The minimum Gasteiger partial charge on any atom is -0.465 e. The van der Waals surface area contributed by atoms with Gasteiger partial charge < -0.3 is 19.7 Å². The summed E-state index contributed by atoms with van der Waals surface area (Å²) in [5, 5.41) is 2.74. The first-order valence-corrected chi connectivity index (χ1v) is 8.38. The van der Waals surface area contributed by atoms with E-state index < -0.39 is 11.9 Å². The van der Waals surface area contributed by atoms with E-state index in [1.807, 2.05) is 0 Å². The fraction of sp³-hybridized carbons (Fsp3) is 0.500. The molecule has 0 saturated carbocycles. The van der Waals surface area contributed by atoms with Crippen molar-refractivity contribution in [1.29, 1.82) is 0 Å². The molecule has 1 aromatic carbocycles. The highest BCUT2D eigenvalue weighted by Gasteiger charge is 2.23. The molecule has 0 radical (unpaired) electrons. The third kappa shape index (κ3) is 5.03. The Morgan fingerprint density at radius 2 is 1.92 bits per heavy atom. The molecule has 1 aliphatic rings.